The van der Waals surface area contributed by atoms with Gasteiger partial charge in [-0.15, -0.1) is 0 Å². The number of aromatic nitrogens is 1. The van der Waals surface area contributed by atoms with Gasteiger partial charge < -0.3 is 10.3 Å². The summed E-state index contributed by atoms with van der Waals surface area (Å²) in [6, 6.07) is 6.13. The Morgan fingerprint density at radius 2 is 2.07 bits per heavy atom. The molecule has 1 atom stereocenters. The van der Waals surface area contributed by atoms with Crippen molar-refractivity contribution < 1.29 is 9.18 Å². The number of carbonyl (C=O) groups excluding carboxylic acids is 1. The van der Waals surface area contributed by atoms with Crippen molar-refractivity contribution in [3.8, 4) is 0 Å². The number of rotatable bonds is 2. The number of aromatic amines is 1. The lowest BCUT2D eigenvalue weighted by Gasteiger charge is -2.49. The van der Waals surface area contributed by atoms with E-state index >= 15 is 0 Å². The molecule has 0 saturated carbocycles. The van der Waals surface area contributed by atoms with Crippen LogP contribution in [0.2, 0.25) is 0 Å². The highest BCUT2D eigenvalue weighted by Gasteiger charge is 2.40. The van der Waals surface area contributed by atoms with Gasteiger partial charge in [0, 0.05) is 61.8 Å². The maximum absolute atomic E-state index is 14.1. The van der Waals surface area contributed by atoms with E-state index in [-0.39, 0.29) is 22.4 Å². The van der Waals surface area contributed by atoms with Gasteiger partial charge in [-0.05, 0) is 32.0 Å². The number of nitrogens with one attached hydrogen (secondary N) is 2. The largest absolute Gasteiger partial charge is 0.356 e. The average molecular weight is 372 g/mol. The van der Waals surface area contributed by atoms with Crippen molar-refractivity contribution in [2.24, 2.45) is 0 Å². The number of para-hydroxylation sites is 1. The van der Waals surface area contributed by atoms with E-state index in [0.29, 0.717) is 24.9 Å². The van der Waals surface area contributed by atoms with Crippen LogP contribution in [0.25, 0.3) is 10.9 Å². The predicted octanol–water partition coefficient (Wildman–Crippen LogP) is 1.45. The molecule has 1 spiro atoms. The summed E-state index contributed by atoms with van der Waals surface area (Å²) in [5, 5.41) is 3.34. The average Bonchev–Trinajstić information content (AvgIpc) is 2.82. The van der Waals surface area contributed by atoms with E-state index in [1.807, 2.05) is 0 Å². The van der Waals surface area contributed by atoms with Crippen molar-refractivity contribution in [2.75, 3.05) is 33.2 Å². The molecule has 2 fully saturated rings. The third-order valence-electron chi connectivity index (χ3n) is 6.07. The van der Waals surface area contributed by atoms with Gasteiger partial charge in [0.2, 0.25) is 5.91 Å². The van der Waals surface area contributed by atoms with Gasteiger partial charge in [-0.3, -0.25) is 19.4 Å². The van der Waals surface area contributed by atoms with Gasteiger partial charge in [-0.2, -0.15) is 0 Å². The van der Waals surface area contributed by atoms with Crippen LogP contribution in [0.1, 0.15) is 25.0 Å². The molecule has 0 aliphatic carbocycles. The number of hydrogen-bond acceptors (Lipinski definition) is 4. The molecule has 0 radical (unpaired) electrons. The molecular weight excluding hydrogens is 347 g/mol. The minimum absolute atomic E-state index is 0.0419. The van der Waals surface area contributed by atoms with Gasteiger partial charge in [0.15, 0.2) is 5.43 Å². The summed E-state index contributed by atoms with van der Waals surface area (Å²) in [5.41, 5.74) is 0.791. The second-order valence-corrected chi connectivity index (χ2v) is 7.78. The minimum atomic E-state index is -0.408. The number of nitrogens with zero attached hydrogens (tertiary/aromatic N) is 2. The number of hydrogen-bond donors (Lipinski definition) is 2. The third-order valence-corrected chi connectivity index (χ3v) is 6.07. The van der Waals surface area contributed by atoms with Gasteiger partial charge in [0.05, 0.1) is 5.52 Å². The summed E-state index contributed by atoms with van der Waals surface area (Å²) in [7, 11) is 2.13. The van der Waals surface area contributed by atoms with Crippen LogP contribution < -0.4 is 10.7 Å². The number of likely N-dealkylation sites (N-methyl/N-ethyl adjacent to an activating group) is 1. The van der Waals surface area contributed by atoms with Gasteiger partial charge in [-0.25, -0.2) is 4.39 Å². The van der Waals surface area contributed by atoms with Crippen molar-refractivity contribution in [1.29, 1.82) is 0 Å². The molecule has 7 heteroatoms. The van der Waals surface area contributed by atoms with Gasteiger partial charge in [-0.1, -0.05) is 6.07 Å². The number of amides is 1. The summed E-state index contributed by atoms with van der Waals surface area (Å²) < 4.78 is 14.1. The molecule has 6 nitrogen and oxygen atoms in total. The van der Waals surface area contributed by atoms with E-state index in [1.54, 1.807) is 18.2 Å². The van der Waals surface area contributed by atoms with Crippen molar-refractivity contribution in [3.05, 3.63) is 46.0 Å². The van der Waals surface area contributed by atoms with Crippen LogP contribution in [0.5, 0.6) is 0 Å². The summed E-state index contributed by atoms with van der Waals surface area (Å²) >= 11 is 0. The highest BCUT2D eigenvalue weighted by atomic mass is 19.1. The fourth-order valence-corrected chi connectivity index (χ4v) is 4.43. The number of fused-ring (bicyclic) bond motifs is 1. The maximum Gasteiger partial charge on any atom is 0.220 e. The van der Waals surface area contributed by atoms with Crippen LogP contribution in [0.3, 0.4) is 0 Å². The molecular formula is C20H25FN4O2. The Bertz CT molecular complexity index is 928. The van der Waals surface area contributed by atoms with E-state index in [1.165, 1.54) is 6.07 Å². The molecule has 4 rings (SSSR count). The van der Waals surface area contributed by atoms with Crippen LogP contribution in [0, 0.1) is 5.82 Å². The number of piperazine rings is 1. The number of carbonyl (C=O) groups is 1. The topological polar surface area (TPSA) is 68.4 Å². The summed E-state index contributed by atoms with van der Waals surface area (Å²) in [6.45, 7) is 3.86. The van der Waals surface area contributed by atoms with Gasteiger partial charge >= 0.3 is 0 Å². The molecule has 2 aromatic rings. The van der Waals surface area contributed by atoms with Crippen LogP contribution in [0.4, 0.5) is 4.39 Å². The van der Waals surface area contributed by atoms with Crippen molar-refractivity contribution in [3.63, 3.8) is 0 Å². The molecule has 2 N–H and O–H groups in total. The fourth-order valence-electron chi connectivity index (χ4n) is 4.43. The Balaban J connectivity index is 1.58. The Labute approximate surface area is 157 Å². The summed E-state index contributed by atoms with van der Waals surface area (Å²) in [6.07, 6.45) is 2.28. The standard InChI is InChI=1S/C20H25FN4O2/c1-24-9-10-25(13-20(24)6-5-18(27)22-8-7-20)12-14-11-17(26)15-3-2-4-16(21)19(15)23-14/h2-4,11H,5-10,12-13H2,1H3,(H,22,27)(H,23,26). The molecule has 27 heavy (non-hydrogen) atoms. The SMILES string of the molecule is CN1CCN(Cc2cc(=O)c3cccc(F)c3[nH]2)CC12CCNC(=O)CC2. The van der Waals surface area contributed by atoms with Crippen LogP contribution in [-0.4, -0.2) is 59.5 Å². The fraction of sp³-hybridized carbons (Fsp3) is 0.500. The molecule has 2 saturated heterocycles. The lowest BCUT2D eigenvalue weighted by molar-refractivity contribution is -0.121. The first-order valence-electron chi connectivity index (χ1n) is 9.48. The first-order chi connectivity index (χ1) is 13.0. The van der Waals surface area contributed by atoms with E-state index < -0.39 is 5.82 Å². The molecule has 0 bridgehead atoms. The van der Waals surface area contributed by atoms with Gasteiger partial charge in [0.1, 0.15) is 5.82 Å². The molecule has 144 valence electrons. The molecule has 3 heterocycles. The quantitative estimate of drug-likeness (QED) is 0.837. The smallest absolute Gasteiger partial charge is 0.220 e. The maximum atomic E-state index is 14.1. The van der Waals surface area contributed by atoms with Crippen LogP contribution in [-0.2, 0) is 11.3 Å². The zero-order chi connectivity index (χ0) is 19.0. The number of pyridine rings is 1. The Morgan fingerprint density at radius 1 is 1.22 bits per heavy atom. The van der Waals surface area contributed by atoms with E-state index in [4.69, 9.17) is 0 Å². The minimum Gasteiger partial charge on any atom is -0.356 e. The van der Waals surface area contributed by atoms with E-state index in [2.05, 4.69) is 27.1 Å². The highest BCUT2D eigenvalue weighted by Crippen LogP contribution is 2.31. The summed E-state index contributed by atoms with van der Waals surface area (Å²) in [4.78, 5) is 31.9. The lowest BCUT2D eigenvalue weighted by Crippen LogP contribution is -2.60. The number of H-pyrrole nitrogens is 1. The molecule has 2 aliphatic heterocycles. The number of benzene rings is 1. The van der Waals surface area contributed by atoms with Crippen molar-refractivity contribution in [1.82, 2.24) is 20.1 Å². The zero-order valence-electron chi connectivity index (χ0n) is 15.6. The zero-order valence-corrected chi connectivity index (χ0v) is 15.6. The van der Waals surface area contributed by atoms with Crippen molar-refractivity contribution >= 4 is 16.8 Å². The lowest BCUT2D eigenvalue weighted by atomic mass is 9.86. The second kappa shape index (κ2) is 7.05. The molecule has 1 aromatic heterocycles. The van der Waals surface area contributed by atoms with Gasteiger partial charge in [0.25, 0.3) is 0 Å². The van der Waals surface area contributed by atoms with Crippen LogP contribution in [0.15, 0.2) is 29.1 Å². The highest BCUT2D eigenvalue weighted by molar-refractivity contribution is 5.79. The molecule has 1 amide bonds. The number of halogens is 1. The molecule has 1 unspecified atom stereocenters. The Kier molecular flexibility index (Phi) is 4.74. The summed E-state index contributed by atoms with van der Waals surface area (Å²) in [5.74, 6) is -0.290. The van der Waals surface area contributed by atoms with Crippen molar-refractivity contribution in [2.45, 2.75) is 31.3 Å². The second-order valence-electron chi connectivity index (χ2n) is 7.78. The first kappa shape index (κ1) is 18.1. The first-order valence-corrected chi connectivity index (χ1v) is 9.48. The normalized spacial score (nSPS) is 24.9. The van der Waals surface area contributed by atoms with E-state index in [0.717, 1.165) is 38.2 Å². The molecule has 1 aromatic carbocycles. The third kappa shape index (κ3) is 3.49. The van der Waals surface area contributed by atoms with Crippen LogP contribution >= 0.6 is 0 Å². The predicted molar refractivity (Wildman–Crippen MR) is 102 cm³/mol. The Hall–Kier alpha value is -2.25. The monoisotopic (exact) mass is 372 g/mol. The Morgan fingerprint density at radius 3 is 2.93 bits per heavy atom. The molecule has 2 aliphatic rings. The van der Waals surface area contributed by atoms with E-state index in [9.17, 15) is 14.0 Å².